The van der Waals surface area contributed by atoms with Crippen molar-refractivity contribution in [1.29, 1.82) is 0 Å². The van der Waals surface area contributed by atoms with Crippen molar-refractivity contribution in [1.82, 2.24) is 5.32 Å². The summed E-state index contributed by atoms with van der Waals surface area (Å²) in [7, 11) is 0. The zero-order valence-corrected chi connectivity index (χ0v) is 12.8. The number of fused-ring (bicyclic) bond motifs is 1. The molecule has 5 nitrogen and oxygen atoms in total. The molecule has 0 radical (unpaired) electrons. The summed E-state index contributed by atoms with van der Waals surface area (Å²) in [5.41, 5.74) is 4.66. The quantitative estimate of drug-likeness (QED) is 0.879. The lowest BCUT2D eigenvalue weighted by atomic mass is 9.95. The Kier molecular flexibility index (Phi) is 4.12. The number of hydrogen-bond donors (Lipinski definition) is 2. The van der Waals surface area contributed by atoms with Crippen LogP contribution in [0.5, 0.6) is 0 Å². The van der Waals surface area contributed by atoms with Crippen LogP contribution in [0, 0.1) is 5.92 Å². The van der Waals surface area contributed by atoms with E-state index in [0.717, 1.165) is 24.3 Å². The van der Waals surface area contributed by atoms with E-state index in [1.165, 1.54) is 0 Å². The Hall–Kier alpha value is -3.03. The van der Waals surface area contributed by atoms with E-state index in [0.29, 0.717) is 12.2 Å². The first-order valence-electron chi connectivity index (χ1n) is 7.34. The third-order valence-electron chi connectivity index (χ3n) is 3.87. The first-order chi connectivity index (χ1) is 11.8. The van der Waals surface area contributed by atoms with E-state index in [-0.39, 0.29) is 22.9 Å². The van der Waals surface area contributed by atoms with Gasteiger partial charge in [-0.25, -0.2) is 0 Å². The van der Waals surface area contributed by atoms with Crippen LogP contribution in [0.1, 0.15) is 22.3 Å². The number of primary amides is 1. The van der Waals surface area contributed by atoms with Gasteiger partial charge in [0.1, 0.15) is 5.76 Å². The lowest BCUT2D eigenvalue weighted by Crippen LogP contribution is -2.29. The van der Waals surface area contributed by atoms with E-state index in [9.17, 15) is 22.8 Å². The fourth-order valence-electron chi connectivity index (χ4n) is 2.64. The van der Waals surface area contributed by atoms with Gasteiger partial charge >= 0.3 is 6.18 Å². The number of benzene rings is 1. The minimum Gasteiger partial charge on any atom is -0.453 e. The molecule has 1 atom stereocenters. The largest absolute Gasteiger partial charge is 0.453 e. The zero-order chi connectivity index (χ0) is 18.2. The minimum absolute atomic E-state index is 0.0214. The molecule has 1 unspecified atom stereocenters. The maximum Gasteiger partial charge on any atom is 0.416 e. The second-order valence-electron chi connectivity index (χ2n) is 5.52. The van der Waals surface area contributed by atoms with Gasteiger partial charge < -0.3 is 15.8 Å². The summed E-state index contributed by atoms with van der Waals surface area (Å²) in [6.07, 6.45) is 1.28. The van der Waals surface area contributed by atoms with Crippen molar-refractivity contribution in [2.45, 2.75) is 12.6 Å². The molecule has 0 saturated carbocycles. The molecule has 0 saturated heterocycles. The molecule has 1 aliphatic carbocycles. The summed E-state index contributed by atoms with van der Waals surface area (Å²) in [5.74, 6) is -1.52. The predicted molar refractivity (Wildman–Crippen MR) is 81.5 cm³/mol. The van der Waals surface area contributed by atoms with Crippen LogP contribution in [0.3, 0.4) is 0 Å². The van der Waals surface area contributed by atoms with Crippen molar-refractivity contribution in [3.8, 4) is 0 Å². The third-order valence-corrected chi connectivity index (χ3v) is 3.87. The highest BCUT2D eigenvalue weighted by Gasteiger charge is 2.36. The summed E-state index contributed by atoms with van der Waals surface area (Å²) in [6, 6.07) is 3.77. The van der Waals surface area contributed by atoms with Gasteiger partial charge in [-0.1, -0.05) is 12.2 Å². The fraction of sp³-hybridized carbons (Fsp3) is 0.176. The van der Waals surface area contributed by atoms with Gasteiger partial charge in [0.15, 0.2) is 0 Å². The van der Waals surface area contributed by atoms with Gasteiger partial charge in [0.05, 0.1) is 17.2 Å². The number of amides is 2. The summed E-state index contributed by atoms with van der Waals surface area (Å²) in [5, 5.41) is 2.54. The molecular formula is C17H13F3N2O3. The van der Waals surface area contributed by atoms with Crippen LogP contribution in [-0.4, -0.2) is 11.8 Å². The van der Waals surface area contributed by atoms with E-state index < -0.39 is 23.6 Å². The number of hydrogen-bond acceptors (Lipinski definition) is 3. The molecule has 0 fully saturated rings. The van der Waals surface area contributed by atoms with Crippen molar-refractivity contribution in [3.63, 3.8) is 0 Å². The molecule has 0 aromatic heterocycles. The van der Waals surface area contributed by atoms with Gasteiger partial charge in [0.2, 0.25) is 5.76 Å². The minimum atomic E-state index is -4.48. The van der Waals surface area contributed by atoms with Crippen molar-refractivity contribution in [3.05, 3.63) is 70.8 Å². The van der Waals surface area contributed by atoms with Crippen molar-refractivity contribution < 1.29 is 27.5 Å². The smallest absolute Gasteiger partial charge is 0.416 e. The Morgan fingerprint density at radius 1 is 1.20 bits per heavy atom. The molecule has 3 N–H and O–H groups in total. The molecule has 1 aliphatic heterocycles. The molecule has 0 bridgehead atoms. The first-order valence-corrected chi connectivity index (χ1v) is 7.34. The van der Waals surface area contributed by atoms with Gasteiger partial charge in [0.25, 0.3) is 11.8 Å². The number of carbonyl (C=O) groups excluding carboxylic acids is 2. The molecular weight excluding hydrogens is 337 g/mol. The molecule has 8 heteroatoms. The number of ether oxygens (including phenoxy) is 1. The topological polar surface area (TPSA) is 81.4 Å². The van der Waals surface area contributed by atoms with Gasteiger partial charge in [-0.05, 0) is 36.8 Å². The highest BCUT2D eigenvalue weighted by molar-refractivity contribution is 5.98. The van der Waals surface area contributed by atoms with Gasteiger partial charge in [-0.3, -0.25) is 9.59 Å². The molecule has 1 aromatic carbocycles. The Labute approximate surface area is 140 Å². The number of allylic oxidation sites excluding steroid dienone is 3. The maximum absolute atomic E-state index is 12.6. The molecule has 1 aromatic rings. The van der Waals surface area contributed by atoms with Crippen LogP contribution in [0.4, 0.5) is 13.2 Å². The van der Waals surface area contributed by atoms with E-state index >= 15 is 0 Å². The number of nitrogens with two attached hydrogens (primary N) is 1. The van der Waals surface area contributed by atoms with Gasteiger partial charge in [0, 0.05) is 5.56 Å². The van der Waals surface area contributed by atoms with Crippen molar-refractivity contribution in [2.75, 3.05) is 0 Å². The average Bonchev–Trinajstić information content (AvgIpc) is 2.93. The maximum atomic E-state index is 12.6. The second-order valence-corrected chi connectivity index (χ2v) is 5.52. The standard InChI is InChI=1S/C17H13F3N2O3/c18-17(19,20)10-7-5-9(6-8-10)16(24)22-13-11-3-1-2-4-12(11)25-14(13)15(21)23/h1-2,4-8,11H,3H2,(H2,21,23)(H,22,24). The molecule has 2 aliphatic rings. The van der Waals surface area contributed by atoms with Gasteiger partial charge in [-0.2, -0.15) is 13.2 Å². The summed E-state index contributed by atoms with van der Waals surface area (Å²) in [6.45, 7) is 0. The lowest BCUT2D eigenvalue weighted by molar-refractivity contribution is -0.137. The SMILES string of the molecule is NC(=O)C1=C(NC(=O)c2ccc(C(F)(F)F)cc2)C2CC=CC=C2O1. The van der Waals surface area contributed by atoms with Crippen LogP contribution in [0.15, 0.2) is 59.7 Å². The van der Waals surface area contributed by atoms with Crippen LogP contribution in [0.25, 0.3) is 0 Å². The Morgan fingerprint density at radius 2 is 1.88 bits per heavy atom. The van der Waals surface area contributed by atoms with Crippen LogP contribution in [-0.2, 0) is 15.7 Å². The van der Waals surface area contributed by atoms with E-state index in [1.807, 2.05) is 6.08 Å². The summed E-state index contributed by atoms with van der Waals surface area (Å²) in [4.78, 5) is 23.9. The fourth-order valence-corrected chi connectivity index (χ4v) is 2.64. The predicted octanol–water partition coefficient (Wildman–Crippen LogP) is 2.62. The number of alkyl halides is 3. The van der Waals surface area contributed by atoms with E-state index in [4.69, 9.17) is 10.5 Å². The Balaban J connectivity index is 1.84. The monoisotopic (exact) mass is 350 g/mol. The van der Waals surface area contributed by atoms with E-state index in [1.54, 1.807) is 12.2 Å². The van der Waals surface area contributed by atoms with Crippen molar-refractivity contribution >= 4 is 11.8 Å². The molecule has 25 heavy (non-hydrogen) atoms. The number of nitrogens with one attached hydrogen (secondary N) is 1. The van der Waals surface area contributed by atoms with Gasteiger partial charge in [-0.15, -0.1) is 0 Å². The second kappa shape index (κ2) is 6.12. The summed E-state index contributed by atoms with van der Waals surface area (Å²) < 4.78 is 43.1. The highest BCUT2D eigenvalue weighted by atomic mass is 19.4. The van der Waals surface area contributed by atoms with Crippen LogP contribution in [0.2, 0.25) is 0 Å². The summed E-state index contributed by atoms with van der Waals surface area (Å²) >= 11 is 0. The molecule has 1 heterocycles. The van der Waals surface area contributed by atoms with Crippen molar-refractivity contribution in [2.24, 2.45) is 11.7 Å². The van der Waals surface area contributed by atoms with Crippen LogP contribution < -0.4 is 11.1 Å². The molecule has 3 rings (SSSR count). The third kappa shape index (κ3) is 3.28. The number of carbonyl (C=O) groups is 2. The van der Waals surface area contributed by atoms with Crippen LogP contribution >= 0.6 is 0 Å². The average molecular weight is 350 g/mol. The molecule has 0 spiro atoms. The lowest BCUT2D eigenvalue weighted by Gasteiger charge is -2.15. The normalized spacial score (nSPS) is 19.2. The molecule has 2 amide bonds. The number of halogens is 3. The van der Waals surface area contributed by atoms with E-state index in [2.05, 4.69) is 5.32 Å². The number of rotatable bonds is 3. The highest BCUT2D eigenvalue weighted by Crippen LogP contribution is 2.37. The molecule has 130 valence electrons. The Morgan fingerprint density at radius 3 is 2.48 bits per heavy atom. The first kappa shape index (κ1) is 16.8. The Bertz CT molecular complexity index is 821. The zero-order valence-electron chi connectivity index (χ0n) is 12.8.